The van der Waals surface area contributed by atoms with Gasteiger partial charge in [-0.3, -0.25) is 0 Å². The van der Waals surface area contributed by atoms with E-state index < -0.39 is 0 Å². The molecule has 7 rings (SSSR count). The minimum atomic E-state index is 1.10. The van der Waals surface area contributed by atoms with Crippen molar-refractivity contribution in [2.24, 2.45) is 0 Å². The van der Waals surface area contributed by atoms with Crippen LogP contribution in [-0.4, -0.2) is 0 Å². The smallest absolute Gasteiger partial charge is 0.0597 e. The summed E-state index contributed by atoms with van der Waals surface area (Å²) in [5.74, 6) is 0. The molecule has 0 radical (unpaired) electrons. The van der Waals surface area contributed by atoms with Crippen molar-refractivity contribution < 1.29 is 0 Å². The minimum absolute atomic E-state index is 1.10. The maximum atomic E-state index is 3.75. The molecule has 0 saturated carbocycles. The summed E-state index contributed by atoms with van der Waals surface area (Å²) in [7, 11) is 0. The first-order chi connectivity index (χ1) is 17.3. The van der Waals surface area contributed by atoms with E-state index in [2.05, 4.69) is 128 Å². The number of nitrogens with one attached hydrogen (secondary N) is 1. The summed E-state index contributed by atoms with van der Waals surface area (Å²) in [4.78, 5) is 0. The first-order valence-corrected chi connectivity index (χ1v) is 12.8. The summed E-state index contributed by atoms with van der Waals surface area (Å²) < 4.78 is 2.68. The lowest BCUT2D eigenvalue weighted by Crippen LogP contribution is -1.91. The van der Waals surface area contributed by atoms with Crippen LogP contribution in [0, 0.1) is 6.92 Å². The molecule has 0 fully saturated rings. The van der Waals surface area contributed by atoms with E-state index in [-0.39, 0.29) is 0 Å². The van der Waals surface area contributed by atoms with Crippen LogP contribution in [-0.2, 0) is 0 Å². The standard InChI is InChI=1S/C33H23NS/c1-21-8-6-15-29-31-28-13-5-3-10-24(28)20-30(33(31)35-32(21)29)34-25-18-16-23(17-19-25)27-14-7-11-22-9-2-4-12-26(22)27/h2-20,34H,1H3. The number of hydrogen-bond donors (Lipinski definition) is 1. The van der Waals surface area contributed by atoms with E-state index in [1.54, 1.807) is 0 Å². The Morgan fingerprint density at radius 1 is 0.571 bits per heavy atom. The van der Waals surface area contributed by atoms with E-state index in [9.17, 15) is 0 Å². The first-order valence-electron chi connectivity index (χ1n) is 11.9. The Morgan fingerprint density at radius 3 is 2.11 bits per heavy atom. The summed E-state index contributed by atoms with van der Waals surface area (Å²) in [6, 6.07) is 41.6. The summed E-state index contributed by atoms with van der Waals surface area (Å²) in [6.07, 6.45) is 0. The topological polar surface area (TPSA) is 12.0 Å². The molecular weight excluding hydrogens is 442 g/mol. The van der Waals surface area contributed by atoms with Crippen molar-refractivity contribution in [2.45, 2.75) is 6.92 Å². The zero-order valence-corrected chi connectivity index (χ0v) is 20.2. The van der Waals surface area contributed by atoms with Gasteiger partial charge in [0, 0.05) is 21.2 Å². The van der Waals surface area contributed by atoms with E-state index in [4.69, 9.17) is 0 Å². The highest BCUT2D eigenvalue weighted by Crippen LogP contribution is 2.44. The first kappa shape index (κ1) is 20.3. The highest BCUT2D eigenvalue weighted by atomic mass is 32.1. The summed E-state index contributed by atoms with van der Waals surface area (Å²) in [5, 5.41) is 11.6. The van der Waals surface area contributed by atoms with Gasteiger partial charge < -0.3 is 5.32 Å². The van der Waals surface area contributed by atoms with E-state index in [0.717, 1.165) is 11.4 Å². The van der Waals surface area contributed by atoms with Gasteiger partial charge >= 0.3 is 0 Å². The maximum absolute atomic E-state index is 3.75. The summed E-state index contributed by atoms with van der Waals surface area (Å²) in [6.45, 7) is 2.21. The van der Waals surface area contributed by atoms with Gasteiger partial charge in [-0.1, -0.05) is 97.1 Å². The Morgan fingerprint density at radius 2 is 1.26 bits per heavy atom. The molecule has 0 aliphatic carbocycles. The van der Waals surface area contributed by atoms with Crippen LogP contribution in [0.5, 0.6) is 0 Å². The molecule has 1 N–H and O–H groups in total. The third-order valence-electron chi connectivity index (χ3n) is 6.95. The molecule has 0 aliphatic rings. The predicted molar refractivity (Wildman–Crippen MR) is 154 cm³/mol. The fraction of sp³-hybridized carbons (Fsp3) is 0.0303. The molecule has 2 heteroatoms. The second-order valence-corrected chi connectivity index (χ2v) is 10.2. The Balaban J connectivity index is 1.35. The average Bonchev–Trinajstić information content (AvgIpc) is 3.31. The van der Waals surface area contributed by atoms with Gasteiger partial charge in [-0.05, 0) is 63.4 Å². The minimum Gasteiger partial charge on any atom is -0.354 e. The molecule has 1 aromatic heterocycles. The predicted octanol–water partition coefficient (Wildman–Crippen LogP) is 10.1. The largest absolute Gasteiger partial charge is 0.354 e. The van der Waals surface area contributed by atoms with Crippen LogP contribution in [0.4, 0.5) is 11.4 Å². The van der Waals surface area contributed by atoms with Crippen LogP contribution in [0.3, 0.4) is 0 Å². The molecular formula is C33H23NS. The lowest BCUT2D eigenvalue weighted by atomic mass is 9.98. The van der Waals surface area contributed by atoms with Gasteiger partial charge in [-0.2, -0.15) is 0 Å². The number of fused-ring (bicyclic) bond motifs is 6. The number of rotatable bonds is 3. The Bertz CT molecular complexity index is 1870. The number of hydrogen-bond acceptors (Lipinski definition) is 2. The molecule has 0 amide bonds. The molecule has 1 heterocycles. The Labute approximate surface area is 208 Å². The van der Waals surface area contributed by atoms with Crippen LogP contribution < -0.4 is 5.32 Å². The van der Waals surface area contributed by atoms with Crippen LogP contribution in [0.15, 0.2) is 115 Å². The molecule has 0 unspecified atom stereocenters. The molecule has 35 heavy (non-hydrogen) atoms. The Kier molecular flexibility index (Phi) is 4.61. The van der Waals surface area contributed by atoms with Gasteiger partial charge in [0.15, 0.2) is 0 Å². The summed E-state index contributed by atoms with van der Waals surface area (Å²) >= 11 is 1.89. The molecule has 0 saturated heterocycles. The second-order valence-electron chi connectivity index (χ2n) is 9.13. The monoisotopic (exact) mass is 465 g/mol. The fourth-order valence-corrected chi connectivity index (χ4v) is 6.50. The highest BCUT2D eigenvalue weighted by molar-refractivity contribution is 7.26. The van der Waals surface area contributed by atoms with Crippen molar-refractivity contribution in [1.29, 1.82) is 0 Å². The van der Waals surface area contributed by atoms with Crippen LogP contribution in [0.1, 0.15) is 5.56 Å². The van der Waals surface area contributed by atoms with Crippen molar-refractivity contribution in [3.63, 3.8) is 0 Å². The number of aryl methyl sites for hydroxylation is 1. The van der Waals surface area contributed by atoms with Crippen molar-refractivity contribution in [3.05, 3.63) is 121 Å². The van der Waals surface area contributed by atoms with E-state index in [0.29, 0.717) is 0 Å². The third-order valence-corrected chi connectivity index (χ3v) is 8.33. The third kappa shape index (κ3) is 3.30. The lowest BCUT2D eigenvalue weighted by Gasteiger charge is -2.12. The molecule has 7 aromatic rings. The molecule has 166 valence electrons. The summed E-state index contributed by atoms with van der Waals surface area (Å²) in [5.41, 5.74) is 6.09. The van der Waals surface area contributed by atoms with Crippen molar-refractivity contribution in [2.75, 3.05) is 5.32 Å². The Hall–Kier alpha value is -4.14. The number of thiophene rings is 1. The zero-order valence-electron chi connectivity index (χ0n) is 19.4. The van der Waals surface area contributed by atoms with Crippen LogP contribution in [0.2, 0.25) is 0 Å². The molecule has 6 aromatic carbocycles. The molecule has 1 nitrogen and oxygen atoms in total. The number of benzene rings is 6. The SMILES string of the molecule is Cc1cccc2c1sc1c(Nc3ccc(-c4cccc5ccccc45)cc3)cc3ccccc3c12. The van der Waals surface area contributed by atoms with Crippen molar-refractivity contribution >= 4 is 64.4 Å². The van der Waals surface area contributed by atoms with Gasteiger partial charge in [0.1, 0.15) is 0 Å². The second kappa shape index (κ2) is 7.97. The van der Waals surface area contributed by atoms with Gasteiger partial charge in [0.05, 0.1) is 10.4 Å². The number of anilines is 2. The van der Waals surface area contributed by atoms with E-state index in [1.165, 1.54) is 58.4 Å². The van der Waals surface area contributed by atoms with Crippen LogP contribution >= 0.6 is 11.3 Å². The van der Waals surface area contributed by atoms with Crippen LogP contribution in [0.25, 0.3) is 52.8 Å². The average molecular weight is 466 g/mol. The maximum Gasteiger partial charge on any atom is 0.0597 e. The van der Waals surface area contributed by atoms with Crippen molar-refractivity contribution in [1.82, 2.24) is 0 Å². The molecule has 0 atom stereocenters. The fourth-order valence-electron chi connectivity index (χ4n) is 5.25. The van der Waals surface area contributed by atoms with Gasteiger partial charge in [0.25, 0.3) is 0 Å². The van der Waals surface area contributed by atoms with Gasteiger partial charge in [-0.25, -0.2) is 0 Å². The highest BCUT2D eigenvalue weighted by Gasteiger charge is 2.14. The van der Waals surface area contributed by atoms with Crippen molar-refractivity contribution in [3.8, 4) is 11.1 Å². The zero-order chi connectivity index (χ0) is 23.4. The molecule has 0 aliphatic heterocycles. The molecule has 0 spiro atoms. The normalized spacial score (nSPS) is 11.6. The lowest BCUT2D eigenvalue weighted by molar-refractivity contribution is 1.56. The quantitative estimate of drug-likeness (QED) is 0.274. The van der Waals surface area contributed by atoms with Gasteiger partial charge in [-0.15, -0.1) is 11.3 Å². The van der Waals surface area contributed by atoms with E-state index >= 15 is 0 Å². The van der Waals surface area contributed by atoms with Gasteiger partial charge in [0.2, 0.25) is 0 Å². The molecule has 0 bridgehead atoms. The van der Waals surface area contributed by atoms with E-state index in [1.807, 2.05) is 11.3 Å².